The molecule has 0 bridgehead atoms. The zero-order chi connectivity index (χ0) is 14.7. The van der Waals surface area contributed by atoms with Crippen LogP contribution >= 0.6 is 15.9 Å². The van der Waals surface area contributed by atoms with Gasteiger partial charge in [-0.2, -0.15) is 0 Å². The summed E-state index contributed by atoms with van der Waals surface area (Å²) in [5.41, 5.74) is 1.49. The van der Waals surface area contributed by atoms with Crippen LogP contribution in [0.15, 0.2) is 47.1 Å². The molecule has 2 aromatic heterocycles. The van der Waals surface area contributed by atoms with Crippen LogP contribution in [0.25, 0.3) is 5.65 Å². The first-order valence-corrected chi connectivity index (χ1v) is 7.46. The maximum Gasteiger partial charge on any atom is 0.160 e. The number of rotatable bonds is 5. The predicted octanol–water partition coefficient (Wildman–Crippen LogP) is 2.96. The van der Waals surface area contributed by atoms with Crippen molar-refractivity contribution in [1.29, 1.82) is 0 Å². The molecule has 0 aliphatic carbocycles. The van der Waals surface area contributed by atoms with Gasteiger partial charge in [0.1, 0.15) is 11.6 Å². The summed E-state index contributed by atoms with van der Waals surface area (Å²) < 4.78 is 16.4. The summed E-state index contributed by atoms with van der Waals surface area (Å²) in [4.78, 5) is 0. The summed E-state index contributed by atoms with van der Waals surface area (Å²) in [7, 11) is 0. The zero-order valence-electron chi connectivity index (χ0n) is 11.3. The van der Waals surface area contributed by atoms with E-state index < -0.39 is 0 Å². The molecule has 108 valence electrons. The van der Waals surface area contributed by atoms with E-state index in [0.717, 1.165) is 22.4 Å². The minimum absolute atomic E-state index is 0.196. The normalized spacial score (nSPS) is 11.1. The van der Waals surface area contributed by atoms with Crippen LogP contribution in [-0.2, 0) is 13.0 Å². The Morgan fingerprint density at radius 3 is 3.00 bits per heavy atom. The van der Waals surface area contributed by atoms with E-state index in [0.29, 0.717) is 18.7 Å². The van der Waals surface area contributed by atoms with E-state index in [1.807, 2.05) is 28.8 Å². The Labute approximate surface area is 130 Å². The van der Waals surface area contributed by atoms with Gasteiger partial charge in [0.15, 0.2) is 5.65 Å². The largest absolute Gasteiger partial charge is 0.312 e. The summed E-state index contributed by atoms with van der Waals surface area (Å²) in [6.45, 7) is 1.20. The first kappa shape index (κ1) is 14.2. The standard InChI is InChI=1S/C15H14BrFN4/c16-12-4-5-13(17)11(9-12)10-18-7-6-15-20-19-14-3-1-2-8-21(14)15/h1-5,8-9,18H,6-7,10H2. The van der Waals surface area contributed by atoms with Gasteiger partial charge in [-0.1, -0.05) is 22.0 Å². The summed E-state index contributed by atoms with van der Waals surface area (Å²) >= 11 is 3.35. The lowest BCUT2D eigenvalue weighted by Crippen LogP contribution is -2.18. The number of nitrogens with one attached hydrogen (secondary N) is 1. The predicted molar refractivity (Wildman–Crippen MR) is 82.5 cm³/mol. The average Bonchev–Trinajstić information content (AvgIpc) is 2.90. The number of aromatic nitrogens is 3. The zero-order valence-corrected chi connectivity index (χ0v) is 12.8. The van der Waals surface area contributed by atoms with Crippen molar-refractivity contribution in [2.75, 3.05) is 6.54 Å². The number of halogens is 2. The number of pyridine rings is 1. The molecule has 0 unspecified atom stereocenters. The Bertz CT molecular complexity index is 756. The second-order valence-electron chi connectivity index (χ2n) is 4.71. The molecule has 0 amide bonds. The summed E-state index contributed by atoms with van der Waals surface area (Å²) in [6.07, 6.45) is 2.68. The van der Waals surface area contributed by atoms with E-state index in [-0.39, 0.29) is 5.82 Å². The van der Waals surface area contributed by atoms with Gasteiger partial charge in [-0.3, -0.25) is 4.40 Å². The van der Waals surface area contributed by atoms with Crippen LogP contribution in [0.3, 0.4) is 0 Å². The molecule has 21 heavy (non-hydrogen) atoms. The lowest BCUT2D eigenvalue weighted by molar-refractivity contribution is 0.585. The van der Waals surface area contributed by atoms with Crippen molar-refractivity contribution in [2.45, 2.75) is 13.0 Å². The molecule has 2 heterocycles. The first-order valence-electron chi connectivity index (χ1n) is 6.67. The van der Waals surface area contributed by atoms with E-state index in [1.165, 1.54) is 6.07 Å². The van der Waals surface area contributed by atoms with Crippen molar-refractivity contribution < 1.29 is 4.39 Å². The van der Waals surface area contributed by atoms with Crippen molar-refractivity contribution in [3.8, 4) is 0 Å². The molecular formula is C15H14BrFN4. The van der Waals surface area contributed by atoms with Gasteiger partial charge in [0.05, 0.1) is 0 Å². The van der Waals surface area contributed by atoms with Gasteiger partial charge in [-0.25, -0.2) is 4.39 Å². The average molecular weight is 349 g/mol. The number of benzene rings is 1. The Morgan fingerprint density at radius 1 is 1.19 bits per heavy atom. The Balaban J connectivity index is 1.58. The third-order valence-electron chi connectivity index (χ3n) is 3.23. The van der Waals surface area contributed by atoms with Crippen molar-refractivity contribution in [1.82, 2.24) is 19.9 Å². The molecule has 3 aromatic rings. The number of fused-ring (bicyclic) bond motifs is 1. The van der Waals surface area contributed by atoms with Crippen LogP contribution in [0.1, 0.15) is 11.4 Å². The molecule has 0 saturated carbocycles. The van der Waals surface area contributed by atoms with Gasteiger partial charge in [-0.05, 0) is 30.3 Å². The molecule has 0 atom stereocenters. The molecule has 3 rings (SSSR count). The molecule has 0 spiro atoms. The topological polar surface area (TPSA) is 42.2 Å². The van der Waals surface area contributed by atoms with E-state index in [9.17, 15) is 4.39 Å². The first-order chi connectivity index (χ1) is 10.2. The lowest BCUT2D eigenvalue weighted by atomic mass is 10.2. The fourth-order valence-electron chi connectivity index (χ4n) is 2.16. The SMILES string of the molecule is Fc1ccc(Br)cc1CNCCc1nnc2ccccn12. The van der Waals surface area contributed by atoms with E-state index in [4.69, 9.17) is 0 Å². The Kier molecular flexibility index (Phi) is 4.26. The van der Waals surface area contributed by atoms with Crippen LogP contribution < -0.4 is 5.32 Å². The van der Waals surface area contributed by atoms with E-state index in [2.05, 4.69) is 31.4 Å². The quantitative estimate of drug-likeness (QED) is 0.720. The second-order valence-corrected chi connectivity index (χ2v) is 5.62. The highest BCUT2D eigenvalue weighted by atomic mass is 79.9. The molecule has 0 aliphatic heterocycles. The van der Waals surface area contributed by atoms with E-state index >= 15 is 0 Å². The smallest absolute Gasteiger partial charge is 0.160 e. The molecule has 0 saturated heterocycles. The van der Waals surface area contributed by atoms with Gasteiger partial charge < -0.3 is 5.32 Å². The summed E-state index contributed by atoms with van der Waals surface area (Å²) in [6, 6.07) is 10.7. The molecule has 0 radical (unpaired) electrons. The van der Waals surface area contributed by atoms with Gasteiger partial charge >= 0.3 is 0 Å². The van der Waals surface area contributed by atoms with Gasteiger partial charge in [0.25, 0.3) is 0 Å². The number of hydrogen-bond acceptors (Lipinski definition) is 3. The van der Waals surface area contributed by atoms with Crippen molar-refractivity contribution in [3.05, 3.63) is 64.3 Å². The minimum atomic E-state index is -0.196. The Hall–Kier alpha value is -1.79. The van der Waals surface area contributed by atoms with Crippen LogP contribution in [0.2, 0.25) is 0 Å². The Morgan fingerprint density at radius 2 is 2.10 bits per heavy atom. The maximum absolute atomic E-state index is 13.6. The fourth-order valence-corrected chi connectivity index (χ4v) is 2.57. The maximum atomic E-state index is 13.6. The number of nitrogens with zero attached hydrogens (tertiary/aromatic N) is 3. The second kappa shape index (κ2) is 6.32. The highest BCUT2D eigenvalue weighted by Crippen LogP contribution is 2.15. The van der Waals surface area contributed by atoms with Crippen LogP contribution in [0, 0.1) is 5.82 Å². The van der Waals surface area contributed by atoms with Crippen molar-refractivity contribution in [3.63, 3.8) is 0 Å². The molecule has 0 aliphatic rings. The van der Waals surface area contributed by atoms with Gasteiger partial charge in [0, 0.05) is 35.7 Å². The summed E-state index contributed by atoms with van der Waals surface area (Å²) in [5, 5.41) is 11.5. The lowest BCUT2D eigenvalue weighted by Gasteiger charge is -2.06. The van der Waals surface area contributed by atoms with Crippen LogP contribution in [-0.4, -0.2) is 21.1 Å². The highest BCUT2D eigenvalue weighted by Gasteiger charge is 2.05. The van der Waals surface area contributed by atoms with Gasteiger partial charge in [0.2, 0.25) is 0 Å². The van der Waals surface area contributed by atoms with Crippen molar-refractivity contribution >= 4 is 21.6 Å². The van der Waals surface area contributed by atoms with Crippen LogP contribution in [0.4, 0.5) is 4.39 Å². The van der Waals surface area contributed by atoms with Gasteiger partial charge in [-0.15, -0.1) is 10.2 Å². The molecule has 4 nitrogen and oxygen atoms in total. The monoisotopic (exact) mass is 348 g/mol. The highest BCUT2D eigenvalue weighted by molar-refractivity contribution is 9.10. The fraction of sp³-hybridized carbons (Fsp3) is 0.200. The van der Waals surface area contributed by atoms with Crippen molar-refractivity contribution in [2.24, 2.45) is 0 Å². The minimum Gasteiger partial charge on any atom is -0.312 e. The summed E-state index contributed by atoms with van der Waals surface area (Å²) in [5.74, 6) is 0.700. The molecule has 6 heteroatoms. The van der Waals surface area contributed by atoms with Crippen LogP contribution in [0.5, 0.6) is 0 Å². The molecule has 0 fully saturated rings. The third kappa shape index (κ3) is 3.28. The van der Waals surface area contributed by atoms with E-state index in [1.54, 1.807) is 12.1 Å². The molecular weight excluding hydrogens is 335 g/mol. The third-order valence-corrected chi connectivity index (χ3v) is 3.73. The molecule has 1 N–H and O–H groups in total. The number of hydrogen-bond donors (Lipinski definition) is 1. The molecule has 1 aromatic carbocycles.